The molecule has 0 aromatic heterocycles. The van der Waals surface area contributed by atoms with Crippen molar-refractivity contribution in [3.63, 3.8) is 0 Å². The molecule has 3 nitrogen and oxygen atoms in total. The molecule has 1 rings (SSSR count). The average molecular weight is 200 g/mol. The van der Waals surface area contributed by atoms with Crippen molar-refractivity contribution in [1.82, 2.24) is 0 Å². The fraction of sp³-hybridized carbons (Fsp3) is 0.0833. The summed E-state index contributed by atoms with van der Waals surface area (Å²) in [6, 6.07) is 4.61. The Morgan fingerprint density at radius 2 is 1.60 bits per heavy atom. The summed E-state index contributed by atoms with van der Waals surface area (Å²) in [4.78, 5) is 31.1. The summed E-state index contributed by atoms with van der Waals surface area (Å²) < 4.78 is 0. The number of benzene rings is 1. The molecule has 0 heterocycles. The van der Waals surface area contributed by atoms with Gasteiger partial charge in [0.25, 0.3) is 0 Å². The number of hydrogen-bond donors (Lipinski definition) is 0. The Morgan fingerprint density at radius 3 is 2.07 bits per heavy atom. The van der Waals surface area contributed by atoms with E-state index in [0.29, 0.717) is 35.5 Å². The highest BCUT2D eigenvalue weighted by Gasteiger charge is 1.97. The van der Waals surface area contributed by atoms with E-state index in [9.17, 15) is 14.4 Å². The van der Waals surface area contributed by atoms with E-state index in [4.69, 9.17) is 0 Å². The maximum absolute atomic E-state index is 10.5. The van der Waals surface area contributed by atoms with E-state index < -0.39 is 0 Å². The molecule has 74 valence electrons. The van der Waals surface area contributed by atoms with Crippen LogP contribution in [0.25, 0.3) is 0 Å². The van der Waals surface area contributed by atoms with Crippen LogP contribution in [0.4, 0.5) is 0 Å². The second kappa shape index (κ2) is 5.51. The van der Waals surface area contributed by atoms with Crippen molar-refractivity contribution in [3.05, 3.63) is 34.9 Å². The lowest BCUT2D eigenvalue weighted by Gasteiger charge is -1.95. The minimum absolute atomic E-state index is 0.141. The minimum atomic E-state index is 0.141. The molecule has 0 saturated heterocycles. The van der Waals surface area contributed by atoms with E-state index in [1.165, 1.54) is 6.07 Å². The van der Waals surface area contributed by atoms with Gasteiger partial charge in [-0.2, -0.15) is 0 Å². The molecule has 0 atom stereocenters. The zero-order chi connectivity index (χ0) is 11.1. The van der Waals surface area contributed by atoms with Crippen LogP contribution in [0.15, 0.2) is 18.2 Å². The molecule has 0 bridgehead atoms. The predicted molar refractivity (Wildman–Crippen MR) is 54.8 cm³/mol. The molecule has 15 heavy (non-hydrogen) atoms. The third-order valence-corrected chi connectivity index (χ3v) is 1.67. The van der Waals surface area contributed by atoms with E-state index >= 15 is 0 Å². The lowest BCUT2D eigenvalue weighted by Crippen LogP contribution is -1.88. The van der Waals surface area contributed by atoms with Crippen LogP contribution in [-0.4, -0.2) is 18.9 Å². The van der Waals surface area contributed by atoms with Gasteiger partial charge < -0.3 is 4.79 Å². The van der Waals surface area contributed by atoms with E-state index in [2.05, 4.69) is 11.8 Å². The Morgan fingerprint density at radius 1 is 1.00 bits per heavy atom. The van der Waals surface area contributed by atoms with Crippen molar-refractivity contribution in [1.29, 1.82) is 0 Å². The summed E-state index contributed by atoms with van der Waals surface area (Å²) in [5, 5.41) is 0. The van der Waals surface area contributed by atoms with E-state index in [0.717, 1.165) is 0 Å². The zero-order valence-corrected chi connectivity index (χ0v) is 7.90. The molecule has 0 unspecified atom stereocenters. The summed E-state index contributed by atoms with van der Waals surface area (Å²) in [6.45, 7) is 0. The molecule has 1 aromatic rings. The Bertz CT molecular complexity index is 423. The monoisotopic (exact) mass is 200 g/mol. The first kappa shape index (κ1) is 10.9. The van der Waals surface area contributed by atoms with Gasteiger partial charge in [0.15, 0.2) is 0 Å². The highest BCUT2D eigenvalue weighted by molar-refractivity contribution is 5.83. The molecule has 0 fully saturated rings. The van der Waals surface area contributed by atoms with E-state index in [1.807, 2.05) is 0 Å². The summed E-state index contributed by atoms with van der Waals surface area (Å²) in [5.74, 6) is 5.30. The highest BCUT2D eigenvalue weighted by atomic mass is 16.1. The number of carbonyl (C=O) groups excluding carboxylic acids is 3. The standard InChI is InChI=1S/C12H8O3/c13-4-2-1-3-10-5-11(8-14)7-12(6-10)9-15/h4-9H,2H2. The second-order valence-corrected chi connectivity index (χ2v) is 2.80. The van der Waals surface area contributed by atoms with Gasteiger partial charge in [0.1, 0.15) is 18.9 Å². The average Bonchev–Trinajstić information content (AvgIpc) is 2.29. The van der Waals surface area contributed by atoms with E-state index in [1.54, 1.807) is 12.1 Å². The van der Waals surface area contributed by atoms with Gasteiger partial charge in [0.2, 0.25) is 0 Å². The number of rotatable bonds is 3. The second-order valence-electron chi connectivity index (χ2n) is 2.80. The fourth-order valence-corrected chi connectivity index (χ4v) is 1.08. The maximum atomic E-state index is 10.5. The molecule has 0 amide bonds. The number of aldehydes is 3. The molecule has 1 aromatic carbocycles. The van der Waals surface area contributed by atoms with Crippen LogP contribution in [0, 0.1) is 11.8 Å². The third kappa shape index (κ3) is 3.20. The van der Waals surface area contributed by atoms with Gasteiger partial charge in [-0.3, -0.25) is 9.59 Å². The fourth-order valence-electron chi connectivity index (χ4n) is 1.08. The molecule has 0 radical (unpaired) electrons. The summed E-state index contributed by atoms with van der Waals surface area (Å²) in [5.41, 5.74) is 1.36. The van der Waals surface area contributed by atoms with Gasteiger partial charge in [-0.05, 0) is 18.2 Å². The van der Waals surface area contributed by atoms with E-state index in [-0.39, 0.29) is 6.42 Å². The van der Waals surface area contributed by atoms with Gasteiger partial charge >= 0.3 is 0 Å². The SMILES string of the molecule is O=CCC#Cc1cc(C=O)cc(C=O)c1. The Hall–Kier alpha value is -2.21. The molecule has 0 aliphatic rings. The van der Waals surface area contributed by atoms with Crippen molar-refractivity contribution in [2.24, 2.45) is 0 Å². The van der Waals surface area contributed by atoms with Gasteiger partial charge in [0.05, 0.1) is 6.42 Å². The molecular formula is C12H8O3. The van der Waals surface area contributed by atoms with Crippen molar-refractivity contribution in [2.75, 3.05) is 0 Å². The smallest absolute Gasteiger partial charge is 0.150 e. The van der Waals surface area contributed by atoms with Crippen LogP contribution < -0.4 is 0 Å². The first-order valence-corrected chi connectivity index (χ1v) is 4.28. The van der Waals surface area contributed by atoms with Gasteiger partial charge in [0, 0.05) is 16.7 Å². The molecule has 0 aliphatic heterocycles. The first-order valence-electron chi connectivity index (χ1n) is 4.28. The molecule has 3 heteroatoms. The van der Waals surface area contributed by atoms with Crippen molar-refractivity contribution >= 4 is 18.9 Å². The van der Waals surface area contributed by atoms with Gasteiger partial charge in [-0.15, -0.1) is 0 Å². The largest absolute Gasteiger partial charge is 0.302 e. The lowest BCUT2D eigenvalue weighted by atomic mass is 10.1. The van der Waals surface area contributed by atoms with Crippen molar-refractivity contribution in [2.45, 2.75) is 6.42 Å². The topological polar surface area (TPSA) is 51.2 Å². The van der Waals surface area contributed by atoms with Crippen LogP contribution >= 0.6 is 0 Å². The molecule has 0 N–H and O–H groups in total. The van der Waals surface area contributed by atoms with Gasteiger partial charge in [-0.25, -0.2) is 0 Å². The number of hydrogen-bond acceptors (Lipinski definition) is 3. The van der Waals surface area contributed by atoms with Crippen LogP contribution in [-0.2, 0) is 4.79 Å². The Balaban J connectivity index is 3.08. The summed E-state index contributed by atoms with van der Waals surface area (Å²) in [7, 11) is 0. The summed E-state index contributed by atoms with van der Waals surface area (Å²) in [6.07, 6.45) is 2.13. The normalized spacial score (nSPS) is 8.53. The summed E-state index contributed by atoms with van der Waals surface area (Å²) >= 11 is 0. The molecule has 0 spiro atoms. The van der Waals surface area contributed by atoms with Crippen molar-refractivity contribution < 1.29 is 14.4 Å². The van der Waals surface area contributed by atoms with Crippen LogP contribution in [0.5, 0.6) is 0 Å². The highest BCUT2D eigenvalue weighted by Crippen LogP contribution is 2.06. The lowest BCUT2D eigenvalue weighted by molar-refractivity contribution is -0.107. The van der Waals surface area contributed by atoms with Crippen molar-refractivity contribution in [3.8, 4) is 11.8 Å². The Kier molecular flexibility index (Phi) is 3.99. The molecule has 0 saturated carbocycles. The zero-order valence-electron chi connectivity index (χ0n) is 7.90. The first-order chi connectivity index (χ1) is 7.30. The third-order valence-electron chi connectivity index (χ3n) is 1.67. The number of carbonyl (C=O) groups is 3. The maximum Gasteiger partial charge on any atom is 0.150 e. The van der Waals surface area contributed by atoms with Crippen LogP contribution in [0.2, 0.25) is 0 Å². The molecule has 0 aliphatic carbocycles. The Labute approximate surface area is 87.1 Å². The van der Waals surface area contributed by atoms with Gasteiger partial charge in [-0.1, -0.05) is 11.8 Å². The van der Waals surface area contributed by atoms with Crippen LogP contribution in [0.1, 0.15) is 32.7 Å². The molecular weight excluding hydrogens is 192 g/mol. The predicted octanol–water partition coefficient (Wildman–Crippen LogP) is 1.25. The quantitative estimate of drug-likeness (QED) is 0.545. The minimum Gasteiger partial charge on any atom is -0.302 e. The van der Waals surface area contributed by atoms with Crippen LogP contribution in [0.3, 0.4) is 0 Å².